The summed E-state index contributed by atoms with van der Waals surface area (Å²) in [4.78, 5) is 31.4. The number of aromatic nitrogens is 3. The largest absolute Gasteiger partial charge is 0.444 e. The number of likely N-dealkylation sites (tertiary alicyclic amines) is 1. The zero-order chi connectivity index (χ0) is 23.8. The molecule has 2 amide bonds. The number of fused-ring (bicyclic) bond motifs is 3. The molecule has 0 unspecified atom stereocenters. The topological polar surface area (TPSA) is 88.8 Å². The van der Waals surface area contributed by atoms with Crippen molar-refractivity contribution in [2.45, 2.75) is 71.9 Å². The lowest BCUT2D eigenvalue weighted by atomic mass is 10.0. The molecule has 1 saturated heterocycles. The van der Waals surface area contributed by atoms with Gasteiger partial charge in [-0.15, -0.1) is 0 Å². The van der Waals surface area contributed by atoms with Crippen molar-refractivity contribution in [3.63, 3.8) is 0 Å². The predicted octanol–water partition coefficient (Wildman–Crippen LogP) is 3.95. The maximum atomic E-state index is 12.7. The van der Waals surface area contributed by atoms with Crippen LogP contribution in [0.15, 0.2) is 24.3 Å². The minimum Gasteiger partial charge on any atom is -0.444 e. The molecule has 0 bridgehead atoms. The Balaban J connectivity index is 1.34. The molecular formula is C25H33N5O3. The average Bonchev–Trinajstić information content (AvgIpc) is 3.12. The Labute approximate surface area is 194 Å². The Morgan fingerprint density at radius 2 is 1.85 bits per heavy atom. The highest BCUT2D eigenvalue weighted by molar-refractivity contribution is 5.92. The van der Waals surface area contributed by atoms with Gasteiger partial charge in [-0.3, -0.25) is 4.79 Å². The number of aryl methyl sites for hydroxylation is 2. The number of nitrogens with zero attached hydrogens (tertiary/aromatic N) is 4. The number of nitrogens with one attached hydrogen (secondary N) is 1. The molecule has 2 aromatic heterocycles. The summed E-state index contributed by atoms with van der Waals surface area (Å²) in [6.07, 6.45) is 2.18. The first-order valence-electron chi connectivity index (χ1n) is 11.6. The van der Waals surface area contributed by atoms with Gasteiger partial charge in [0.05, 0.1) is 5.52 Å². The van der Waals surface area contributed by atoms with E-state index in [1.54, 1.807) is 4.90 Å². The lowest BCUT2D eigenvalue weighted by Gasteiger charge is -2.33. The van der Waals surface area contributed by atoms with Gasteiger partial charge in [-0.2, -0.15) is 5.10 Å². The van der Waals surface area contributed by atoms with E-state index in [1.165, 1.54) is 0 Å². The molecule has 0 aliphatic carbocycles. The lowest BCUT2D eigenvalue weighted by molar-refractivity contribution is -0.122. The van der Waals surface area contributed by atoms with Crippen LogP contribution < -0.4 is 5.32 Å². The van der Waals surface area contributed by atoms with Gasteiger partial charge < -0.3 is 15.0 Å². The summed E-state index contributed by atoms with van der Waals surface area (Å²) >= 11 is 0. The van der Waals surface area contributed by atoms with Crippen molar-refractivity contribution in [2.24, 2.45) is 0 Å². The zero-order valence-electron chi connectivity index (χ0n) is 20.1. The minimum atomic E-state index is -0.501. The summed E-state index contributed by atoms with van der Waals surface area (Å²) in [5.74, 6) is 0.0234. The summed E-state index contributed by atoms with van der Waals surface area (Å²) in [5, 5.41) is 8.86. The Hall–Kier alpha value is -3.16. The number of amides is 2. The van der Waals surface area contributed by atoms with Crippen LogP contribution in [0, 0.1) is 13.8 Å². The molecule has 1 aromatic carbocycles. The van der Waals surface area contributed by atoms with E-state index in [-0.39, 0.29) is 18.0 Å². The molecule has 1 aliphatic heterocycles. The highest BCUT2D eigenvalue weighted by atomic mass is 16.6. The van der Waals surface area contributed by atoms with Crippen molar-refractivity contribution < 1.29 is 14.3 Å². The molecule has 0 saturated carbocycles. The average molecular weight is 452 g/mol. The molecule has 4 rings (SSSR count). The van der Waals surface area contributed by atoms with Gasteiger partial charge in [-0.25, -0.2) is 14.3 Å². The maximum Gasteiger partial charge on any atom is 0.410 e. The molecule has 0 radical (unpaired) electrons. The molecule has 0 atom stereocenters. The fourth-order valence-corrected chi connectivity index (χ4v) is 4.41. The zero-order valence-corrected chi connectivity index (χ0v) is 20.1. The SMILES string of the molecule is Cc1nc2c3ccccc3nn2c(C)c1CCC(=O)NC1CCN(C(=O)OC(C)(C)C)CC1. The standard InChI is InChI=1S/C25H33N5O3/c1-16-19(17(2)30-23(26-16)20-8-6-7-9-21(20)28-30)10-11-22(31)27-18-12-14-29(15-13-18)24(32)33-25(3,4)5/h6-9,18H,10-15H2,1-5H3,(H,27,31). The fraction of sp³-hybridized carbons (Fsp3) is 0.520. The second-order valence-corrected chi connectivity index (χ2v) is 9.82. The van der Waals surface area contributed by atoms with Gasteiger partial charge in [0.15, 0.2) is 5.65 Å². The number of carbonyl (C=O) groups excluding carboxylic acids is 2. The van der Waals surface area contributed by atoms with Crippen molar-refractivity contribution in [1.82, 2.24) is 24.8 Å². The minimum absolute atomic E-state index is 0.0234. The van der Waals surface area contributed by atoms with Crippen LogP contribution >= 0.6 is 0 Å². The molecule has 1 N–H and O–H groups in total. The normalized spacial score (nSPS) is 15.2. The summed E-state index contributed by atoms with van der Waals surface area (Å²) in [6.45, 7) is 10.8. The number of hydrogen-bond donors (Lipinski definition) is 1. The highest BCUT2D eigenvalue weighted by Gasteiger charge is 2.27. The Morgan fingerprint density at radius 1 is 1.15 bits per heavy atom. The maximum absolute atomic E-state index is 12.7. The van der Waals surface area contributed by atoms with E-state index in [0.717, 1.165) is 46.3 Å². The smallest absolute Gasteiger partial charge is 0.410 e. The van der Waals surface area contributed by atoms with Gasteiger partial charge >= 0.3 is 6.09 Å². The number of ether oxygens (including phenoxy) is 1. The fourth-order valence-electron chi connectivity index (χ4n) is 4.41. The molecule has 176 valence electrons. The van der Waals surface area contributed by atoms with Crippen molar-refractivity contribution in [3.8, 4) is 0 Å². The van der Waals surface area contributed by atoms with Crippen molar-refractivity contribution in [3.05, 3.63) is 41.2 Å². The number of rotatable bonds is 4. The van der Waals surface area contributed by atoms with Gasteiger partial charge in [-0.1, -0.05) is 12.1 Å². The quantitative estimate of drug-likeness (QED) is 0.649. The Morgan fingerprint density at radius 3 is 2.55 bits per heavy atom. The van der Waals surface area contributed by atoms with Crippen molar-refractivity contribution in [1.29, 1.82) is 0 Å². The first kappa shape index (κ1) is 23.0. The van der Waals surface area contributed by atoms with Crippen LogP contribution in [0.1, 0.15) is 57.0 Å². The summed E-state index contributed by atoms with van der Waals surface area (Å²) in [5.41, 5.74) is 4.28. The summed E-state index contributed by atoms with van der Waals surface area (Å²) in [6, 6.07) is 8.06. The molecule has 1 aliphatic rings. The third-order valence-electron chi connectivity index (χ3n) is 6.13. The Bertz CT molecular complexity index is 1190. The number of benzene rings is 1. The molecule has 3 heterocycles. The second kappa shape index (κ2) is 9.00. The van der Waals surface area contributed by atoms with Crippen LogP contribution in [0.2, 0.25) is 0 Å². The lowest BCUT2D eigenvalue weighted by Crippen LogP contribution is -2.47. The second-order valence-electron chi connectivity index (χ2n) is 9.82. The van der Waals surface area contributed by atoms with Crippen LogP contribution in [-0.4, -0.2) is 56.2 Å². The van der Waals surface area contributed by atoms with E-state index in [9.17, 15) is 9.59 Å². The predicted molar refractivity (Wildman–Crippen MR) is 127 cm³/mol. The van der Waals surface area contributed by atoms with E-state index >= 15 is 0 Å². The van der Waals surface area contributed by atoms with Gasteiger partial charge in [-0.05, 0) is 71.6 Å². The van der Waals surface area contributed by atoms with Crippen LogP contribution in [0.25, 0.3) is 16.6 Å². The van der Waals surface area contributed by atoms with E-state index < -0.39 is 5.60 Å². The van der Waals surface area contributed by atoms with E-state index in [2.05, 4.69) is 5.32 Å². The molecule has 33 heavy (non-hydrogen) atoms. The third kappa shape index (κ3) is 5.10. The van der Waals surface area contributed by atoms with Gasteiger partial charge in [0.25, 0.3) is 0 Å². The van der Waals surface area contributed by atoms with Crippen LogP contribution in [-0.2, 0) is 16.0 Å². The molecular weight excluding hydrogens is 418 g/mol. The number of hydrogen-bond acceptors (Lipinski definition) is 5. The Kier molecular flexibility index (Phi) is 6.28. The monoisotopic (exact) mass is 451 g/mol. The first-order chi connectivity index (χ1) is 15.6. The summed E-state index contributed by atoms with van der Waals surface area (Å²) < 4.78 is 7.33. The van der Waals surface area contributed by atoms with E-state index in [4.69, 9.17) is 14.8 Å². The van der Waals surface area contributed by atoms with E-state index in [1.807, 2.05) is 63.4 Å². The van der Waals surface area contributed by atoms with Crippen LogP contribution in [0.5, 0.6) is 0 Å². The molecule has 8 heteroatoms. The molecule has 3 aromatic rings. The van der Waals surface area contributed by atoms with Gasteiger partial charge in [0.2, 0.25) is 5.91 Å². The number of piperidine rings is 1. The molecule has 0 spiro atoms. The van der Waals surface area contributed by atoms with Crippen molar-refractivity contribution >= 4 is 28.6 Å². The van der Waals surface area contributed by atoms with Crippen LogP contribution in [0.3, 0.4) is 0 Å². The highest BCUT2D eigenvalue weighted by Crippen LogP contribution is 2.23. The van der Waals surface area contributed by atoms with Gasteiger partial charge in [0.1, 0.15) is 5.60 Å². The summed E-state index contributed by atoms with van der Waals surface area (Å²) in [7, 11) is 0. The van der Waals surface area contributed by atoms with Crippen molar-refractivity contribution in [2.75, 3.05) is 13.1 Å². The van der Waals surface area contributed by atoms with E-state index in [0.29, 0.717) is 25.9 Å². The first-order valence-corrected chi connectivity index (χ1v) is 11.6. The molecule has 1 fully saturated rings. The van der Waals surface area contributed by atoms with Gasteiger partial charge in [0, 0.05) is 42.3 Å². The van der Waals surface area contributed by atoms with Crippen LogP contribution in [0.4, 0.5) is 4.79 Å². The third-order valence-corrected chi connectivity index (χ3v) is 6.13. The molecule has 8 nitrogen and oxygen atoms in total. The number of carbonyl (C=O) groups is 2.